The lowest BCUT2D eigenvalue weighted by Gasteiger charge is -2.35. The highest BCUT2D eigenvalue weighted by molar-refractivity contribution is 5.78. The van der Waals surface area contributed by atoms with E-state index in [9.17, 15) is 13.6 Å². The number of nitrogens with zero attached hydrogens (tertiary/aromatic N) is 2. The van der Waals surface area contributed by atoms with Gasteiger partial charge < -0.3 is 14.4 Å². The molecule has 1 aliphatic rings. The molecule has 5 nitrogen and oxygen atoms in total. The first-order valence-electron chi connectivity index (χ1n) is 10.5. The van der Waals surface area contributed by atoms with Crippen LogP contribution in [0, 0.1) is 11.6 Å². The lowest BCUT2D eigenvalue weighted by Crippen LogP contribution is -2.35. The van der Waals surface area contributed by atoms with Crippen molar-refractivity contribution in [3.63, 3.8) is 0 Å². The van der Waals surface area contributed by atoms with E-state index in [1.54, 1.807) is 30.5 Å². The second-order valence-corrected chi connectivity index (χ2v) is 7.68. The van der Waals surface area contributed by atoms with Crippen LogP contribution in [0.5, 0.6) is 5.75 Å². The summed E-state index contributed by atoms with van der Waals surface area (Å²) in [7, 11) is 1.59. The molecule has 2 aromatic carbocycles. The van der Waals surface area contributed by atoms with E-state index >= 15 is 0 Å². The third kappa shape index (κ3) is 4.78. The normalized spacial score (nSPS) is 15.6. The Morgan fingerprint density at radius 1 is 1.06 bits per heavy atom. The van der Waals surface area contributed by atoms with Gasteiger partial charge in [0, 0.05) is 25.4 Å². The quantitative estimate of drug-likeness (QED) is 0.497. The number of rotatable bonds is 8. The molecule has 0 radical (unpaired) electrons. The fraction of sp³-hybridized carbons (Fsp3) is 0.280. The van der Waals surface area contributed by atoms with Crippen molar-refractivity contribution >= 4 is 5.91 Å². The summed E-state index contributed by atoms with van der Waals surface area (Å²) >= 11 is 0. The van der Waals surface area contributed by atoms with E-state index in [0.717, 1.165) is 35.4 Å². The van der Waals surface area contributed by atoms with Gasteiger partial charge >= 0.3 is 0 Å². The molecule has 0 spiro atoms. The minimum Gasteiger partial charge on any atom is -0.497 e. The van der Waals surface area contributed by atoms with Crippen molar-refractivity contribution in [2.45, 2.75) is 31.6 Å². The number of benzene rings is 2. The summed E-state index contributed by atoms with van der Waals surface area (Å²) < 4.78 is 39.3. The minimum atomic E-state index is -0.960. The third-order valence-corrected chi connectivity index (χ3v) is 5.62. The molecule has 7 heteroatoms. The molecule has 3 aromatic rings. The fourth-order valence-electron chi connectivity index (χ4n) is 4.00. The van der Waals surface area contributed by atoms with Crippen molar-refractivity contribution in [1.82, 2.24) is 9.88 Å². The maximum Gasteiger partial charge on any atom is 0.223 e. The zero-order chi connectivity index (χ0) is 22.5. The van der Waals surface area contributed by atoms with Crippen LogP contribution in [-0.4, -0.2) is 29.4 Å². The number of carbonyl (C=O) groups excluding carboxylic acids is 1. The van der Waals surface area contributed by atoms with Crippen molar-refractivity contribution in [1.29, 1.82) is 0 Å². The van der Waals surface area contributed by atoms with Crippen molar-refractivity contribution in [3.05, 3.63) is 95.3 Å². The van der Waals surface area contributed by atoms with Gasteiger partial charge in [-0.15, -0.1) is 0 Å². The molecule has 0 bridgehead atoms. The van der Waals surface area contributed by atoms with E-state index < -0.39 is 23.8 Å². The SMILES string of the molecule is COc1ccc(CO[C@H](c2ccc(F)c(F)c2)[C@H](c2cccnc2)N2CCCC2=O)cc1. The molecule has 2 heterocycles. The fourth-order valence-corrected chi connectivity index (χ4v) is 4.00. The molecule has 0 saturated carbocycles. The van der Waals surface area contributed by atoms with Gasteiger partial charge in [-0.05, 0) is 53.4 Å². The van der Waals surface area contributed by atoms with Crippen LogP contribution in [0.4, 0.5) is 8.78 Å². The summed E-state index contributed by atoms with van der Waals surface area (Å²) in [5.74, 6) is -1.17. The number of aromatic nitrogens is 1. The van der Waals surface area contributed by atoms with E-state index in [1.807, 2.05) is 30.3 Å². The van der Waals surface area contributed by atoms with Crippen molar-refractivity contribution in [3.8, 4) is 5.75 Å². The third-order valence-electron chi connectivity index (χ3n) is 5.62. The molecule has 32 heavy (non-hydrogen) atoms. The molecule has 1 aliphatic heterocycles. The van der Waals surface area contributed by atoms with Gasteiger partial charge in [0.25, 0.3) is 0 Å². The summed E-state index contributed by atoms with van der Waals surface area (Å²) in [6.07, 6.45) is 3.79. The zero-order valence-electron chi connectivity index (χ0n) is 17.7. The van der Waals surface area contributed by atoms with Crippen LogP contribution in [0.2, 0.25) is 0 Å². The van der Waals surface area contributed by atoms with Gasteiger partial charge in [0.15, 0.2) is 11.6 Å². The molecule has 1 amide bonds. The lowest BCUT2D eigenvalue weighted by molar-refractivity contribution is -0.134. The number of carbonyl (C=O) groups is 1. The largest absolute Gasteiger partial charge is 0.497 e. The van der Waals surface area contributed by atoms with Gasteiger partial charge in [-0.2, -0.15) is 0 Å². The van der Waals surface area contributed by atoms with Gasteiger partial charge in [0.2, 0.25) is 5.91 Å². The van der Waals surface area contributed by atoms with E-state index in [4.69, 9.17) is 9.47 Å². The number of likely N-dealkylation sites (tertiary alicyclic amines) is 1. The van der Waals surface area contributed by atoms with E-state index in [0.29, 0.717) is 18.5 Å². The van der Waals surface area contributed by atoms with Crippen molar-refractivity contribution in [2.75, 3.05) is 13.7 Å². The van der Waals surface area contributed by atoms with Gasteiger partial charge in [-0.3, -0.25) is 9.78 Å². The topological polar surface area (TPSA) is 51.7 Å². The van der Waals surface area contributed by atoms with Gasteiger partial charge in [-0.1, -0.05) is 24.3 Å². The monoisotopic (exact) mass is 438 g/mol. The van der Waals surface area contributed by atoms with Crippen LogP contribution >= 0.6 is 0 Å². The number of hydrogen-bond donors (Lipinski definition) is 0. The smallest absolute Gasteiger partial charge is 0.223 e. The molecular weight excluding hydrogens is 414 g/mol. The molecule has 4 rings (SSSR count). The summed E-state index contributed by atoms with van der Waals surface area (Å²) in [5.41, 5.74) is 2.11. The Hall–Kier alpha value is -3.32. The van der Waals surface area contributed by atoms with Crippen LogP contribution in [0.25, 0.3) is 0 Å². The highest BCUT2D eigenvalue weighted by Crippen LogP contribution is 2.40. The highest BCUT2D eigenvalue weighted by Gasteiger charge is 2.36. The zero-order valence-corrected chi connectivity index (χ0v) is 17.7. The molecule has 0 N–H and O–H groups in total. The molecule has 0 unspecified atom stereocenters. The standard InChI is InChI=1S/C25H24F2N2O3/c1-31-20-9-6-17(7-10-20)16-32-25(18-8-11-21(26)22(27)14-18)24(19-4-2-12-28-15-19)29-13-3-5-23(29)30/h2,4,6-12,14-15,24-25H,3,5,13,16H2,1H3/t24-,25+/m0/s1. The molecule has 0 aliphatic carbocycles. The van der Waals surface area contributed by atoms with Gasteiger partial charge in [-0.25, -0.2) is 8.78 Å². The molecule has 1 saturated heterocycles. The Labute approximate surface area is 185 Å². The molecule has 166 valence electrons. The van der Waals surface area contributed by atoms with E-state index in [1.165, 1.54) is 6.07 Å². The van der Waals surface area contributed by atoms with Crippen LogP contribution in [0.1, 0.15) is 41.7 Å². The second-order valence-electron chi connectivity index (χ2n) is 7.68. The Morgan fingerprint density at radius 3 is 2.50 bits per heavy atom. The number of pyridine rings is 1. The average molecular weight is 438 g/mol. The van der Waals surface area contributed by atoms with Gasteiger partial charge in [0.1, 0.15) is 11.9 Å². The van der Waals surface area contributed by atoms with Crippen molar-refractivity contribution in [2.24, 2.45) is 0 Å². The minimum absolute atomic E-state index is 0.000478. The van der Waals surface area contributed by atoms with E-state index in [-0.39, 0.29) is 12.5 Å². The summed E-state index contributed by atoms with van der Waals surface area (Å²) in [4.78, 5) is 18.6. The Balaban J connectivity index is 1.72. The highest BCUT2D eigenvalue weighted by atomic mass is 19.2. The molecule has 2 atom stereocenters. The lowest BCUT2D eigenvalue weighted by atomic mass is 9.95. The first-order chi connectivity index (χ1) is 15.6. The van der Waals surface area contributed by atoms with E-state index in [2.05, 4.69) is 4.98 Å². The second kappa shape index (κ2) is 9.87. The Kier molecular flexibility index (Phi) is 6.75. The number of halogens is 2. The number of ether oxygens (including phenoxy) is 2. The molecular formula is C25H24F2N2O3. The van der Waals surface area contributed by atoms with Gasteiger partial charge in [0.05, 0.1) is 19.8 Å². The Bertz CT molecular complexity index is 1060. The molecule has 1 aromatic heterocycles. The summed E-state index contributed by atoms with van der Waals surface area (Å²) in [6.45, 7) is 0.775. The maximum atomic E-state index is 14.2. The molecule has 1 fully saturated rings. The van der Waals surface area contributed by atoms with Crippen LogP contribution < -0.4 is 4.74 Å². The predicted octanol–water partition coefficient (Wildman–Crippen LogP) is 4.99. The van der Waals surface area contributed by atoms with Crippen LogP contribution in [0.3, 0.4) is 0 Å². The average Bonchev–Trinajstić information content (AvgIpc) is 3.24. The van der Waals surface area contributed by atoms with Crippen molar-refractivity contribution < 1.29 is 23.0 Å². The number of hydrogen-bond acceptors (Lipinski definition) is 4. The number of amides is 1. The summed E-state index contributed by atoms with van der Waals surface area (Å²) in [6, 6.07) is 14.3. The van der Waals surface area contributed by atoms with Crippen LogP contribution in [-0.2, 0) is 16.1 Å². The first kappa shape index (κ1) is 21.9. The van der Waals surface area contributed by atoms with Crippen LogP contribution in [0.15, 0.2) is 67.0 Å². The maximum absolute atomic E-state index is 14.2. The predicted molar refractivity (Wildman–Crippen MR) is 115 cm³/mol. The summed E-state index contributed by atoms with van der Waals surface area (Å²) in [5, 5.41) is 0. The first-order valence-corrected chi connectivity index (χ1v) is 10.5. The Morgan fingerprint density at radius 2 is 1.88 bits per heavy atom. The number of methoxy groups -OCH3 is 1.